The van der Waals surface area contributed by atoms with Crippen LogP contribution in [0.3, 0.4) is 0 Å². The van der Waals surface area contributed by atoms with E-state index in [2.05, 4.69) is 10.1 Å². The molecule has 94 valence electrons. The summed E-state index contributed by atoms with van der Waals surface area (Å²) in [6.45, 7) is 0.411. The normalized spacial score (nSPS) is 11.1. The van der Waals surface area contributed by atoms with Gasteiger partial charge in [0.1, 0.15) is 0 Å². The summed E-state index contributed by atoms with van der Waals surface area (Å²) in [5.41, 5.74) is 1.78. The van der Waals surface area contributed by atoms with E-state index in [0.717, 1.165) is 11.1 Å². The molecule has 0 bridgehead atoms. The summed E-state index contributed by atoms with van der Waals surface area (Å²) in [4.78, 5) is 10.9. The molecule has 0 aliphatic heterocycles. The van der Waals surface area contributed by atoms with Gasteiger partial charge < -0.3 is 10.1 Å². The van der Waals surface area contributed by atoms with E-state index in [4.69, 9.17) is 0 Å². The first-order valence-corrected chi connectivity index (χ1v) is 4.90. The summed E-state index contributed by atoms with van der Waals surface area (Å²) in [6.07, 6.45) is -5.58. The third kappa shape index (κ3) is 5.24. The Morgan fingerprint density at radius 3 is 2.59 bits per heavy atom. The lowest BCUT2D eigenvalue weighted by molar-refractivity contribution is -0.160. The molecule has 0 aromatic heterocycles. The molecule has 17 heavy (non-hydrogen) atoms. The van der Waals surface area contributed by atoms with E-state index in [1.165, 1.54) is 0 Å². The number of hydrogen-bond donors (Lipinski definition) is 1. The smallest absolute Gasteiger partial charge is 0.422 e. The molecule has 0 radical (unpaired) electrons. The van der Waals surface area contributed by atoms with Crippen LogP contribution in [0.25, 0.3) is 0 Å². The highest BCUT2D eigenvalue weighted by molar-refractivity contribution is 5.67. The van der Waals surface area contributed by atoms with Crippen molar-refractivity contribution in [1.82, 2.24) is 5.32 Å². The van der Waals surface area contributed by atoms with Crippen molar-refractivity contribution in [1.29, 1.82) is 0 Å². The maximum Gasteiger partial charge on any atom is 0.422 e. The molecule has 1 aromatic rings. The molecule has 1 amide bonds. The fourth-order valence-electron chi connectivity index (χ4n) is 1.17. The zero-order chi connectivity index (χ0) is 12.9. The van der Waals surface area contributed by atoms with E-state index in [-0.39, 0.29) is 6.54 Å². The summed E-state index contributed by atoms with van der Waals surface area (Å²) >= 11 is 0. The van der Waals surface area contributed by atoms with Crippen molar-refractivity contribution < 1.29 is 22.7 Å². The maximum atomic E-state index is 11.7. The van der Waals surface area contributed by atoms with Crippen LogP contribution in [0.1, 0.15) is 11.1 Å². The fourth-order valence-corrected chi connectivity index (χ4v) is 1.17. The Morgan fingerprint density at radius 2 is 2.00 bits per heavy atom. The number of hydrogen-bond acceptors (Lipinski definition) is 2. The Hall–Kier alpha value is -1.72. The van der Waals surface area contributed by atoms with Crippen molar-refractivity contribution in [2.45, 2.75) is 19.6 Å². The van der Waals surface area contributed by atoms with Gasteiger partial charge >= 0.3 is 12.3 Å². The van der Waals surface area contributed by atoms with Crippen LogP contribution in [0.2, 0.25) is 0 Å². The summed E-state index contributed by atoms with van der Waals surface area (Å²) in [7, 11) is 0. The molecule has 0 saturated heterocycles. The van der Waals surface area contributed by atoms with E-state index in [9.17, 15) is 18.0 Å². The molecule has 0 atom stereocenters. The standard InChI is InChI=1S/C11H12F3NO2/c1-8-4-2-3-5-9(8)6-15-10(16)17-7-11(12,13)14/h2-5H,6-7H2,1H3,(H,15,16). The molecular weight excluding hydrogens is 235 g/mol. The molecule has 1 N–H and O–H groups in total. The topological polar surface area (TPSA) is 38.3 Å². The highest BCUT2D eigenvalue weighted by Crippen LogP contribution is 2.14. The van der Waals surface area contributed by atoms with Gasteiger partial charge in [-0.15, -0.1) is 0 Å². The zero-order valence-electron chi connectivity index (χ0n) is 9.17. The first-order valence-electron chi connectivity index (χ1n) is 4.90. The third-order valence-electron chi connectivity index (χ3n) is 2.05. The number of carbonyl (C=O) groups is 1. The second kappa shape index (κ2) is 5.56. The van der Waals surface area contributed by atoms with Crippen molar-refractivity contribution >= 4 is 6.09 Å². The molecule has 3 nitrogen and oxygen atoms in total. The lowest BCUT2D eigenvalue weighted by Crippen LogP contribution is -2.28. The number of alkyl carbamates (subject to hydrolysis) is 1. The average molecular weight is 247 g/mol. The van der Waals surface area contributed by atoms with Gasteiger partial charge in [0.25, 0.3) is 0 Å². The van der Waals surface area contributed by atoms with Gasteiger partial charge in [-0.3, -0.25) is 0 Å². The predicted octanol–water partition coefficient (Wildman–Crippen LogP) is 2.78. The van der Waals surface area contributed by atoms with Gasteiger partial charge in [0.15, 0.2) is 6.61 Å². The lowest BCUT2D eigenvalue weighted by Gasteiger charge is -2.10. The average Bonchev–Trinajstić information content (AvgIpc) is 2.24. The van der Waals surface area contributed by atoms with Gasteiger partial charge in [0, 0.05) is 6.54 Å². The SMILES string of the molecule is Cc1ccccc1CNC(=O)OCC(F)(F)F. The Labute approximate surface area is 96.6 Å². The highest BCUT2D eigenvalue weighted by atomic mass is 19.4. The van der Waals surface area contributed by atoms with Crippen molar-refractivity contribution in [3.05, 3.63) is 35.4 Å². The van der Waals surface area contributed by atoms with Gasteiger partial charge in [-0.2, -0.15) is 13.2 Å². The Kier molecular flexibility index (Phi) is 4.37. The molecule has 0 aliphatic rings. The van der Waals surface area contributed by atoms with Crippen LogP contribution < -0.4 is 5.32 Å². The van der Waals surface area contributed by atoms with Gasteiger partial charge in [-0.05, 0) is 18.1 Å². The number of alkyl halides is 3. The van der Waals surface area contributed by atoms with Crippen LogP contribution >= 0.6 is 0 Å². The number of rotatable bonds is 3. The van der Waals surface area contributed by atoms with Crippen LogP contribution in [-0.2, 0) is 11.3 Å². The maximum absolute atomic E-state index is 11.7. The molecule has 0 spiro atoms. The second-order valence-electron chi connectivity index (χ2n) is 3.47. The zero-order valence-corrected chi connectivity index (χ0v) is 9.17. The summed E-state index contributed by atoms with van der Waals surface area (Å²) in [6, 6.07) is 7.24. The molecule has 0 saturated carbocycles. The Morgan fingerprint density at radius 1 is 1.35 bits per heavy atom. The van der Waals surface area contributed by atoms with Gasteiger partial charge in [0.2, 0.25) is 0 Å². The fraction of sp³-hybridized carbons (Fsp3) is 0.364. The van der Waals surface area contributed by atoms with E-state index in [1.807, 2.05) is 19.1 Å². The predicted molar refractivity (Wildman–Crippen MR) is 55.4 cm³/mol. The van der Waals surface area contributed by atoms with Crippen LogP contribution in [0.4, 0.5) is 18.0 Å². The molecule has 6 heteroatoms. The molecule has 1 aromatic carbocycles. The number of amides is 1. The van der Waals surface area contributed by atoms with Crippen LogP contribution in [0, 0.1) is 6.92 Å². The number of benzene rings is 1. The van der Waals surface area contributed by atoms with Crippen molar-refractivity contribution in [3.63, 3.8) is 0 Å². The van der Waals surface area contributed by atoms with Crippen LogP contribution in [0.15, 0.2) is 24.3 Å². The first kappa shape index (κ1) is 13.3. The molecule has 0 unspecified atom stereocenters. The quantitative estimate of drug-likeness (QED) is 0.891. The Balaban J connectivity index is 2.36. The molecule has 0 aliphatic carbocycles. The van der Waals surface area contributed by atoms with Crippen molar-refractivity contribution in [2.75, 3.05) is 6.61 Å². The minimum absolute atomic E-state index is 0.142. The molecule has 1 rings (SSSR count). The van der Waals surface area contributed by atoms with Gasteiger partial charge in [-0.25, -0.2) is 4.79 Å². The number of aryl methyl sites for hydroxylation is 1. The second-order valence-corrected chi connectivity index (χ2v) is 3.47. The van der Waals surface area contributed by atoms with E-state index >= 15 is 0 Å². The van der Waals surface area contributed by atoms with Crippen molar-refractivity contribution in [3.8, 4) is 0 Å². The summed E-state index contributed by atoms with van der Waals surface area (Å²) in [5.74, 6) is 0. The summed E-state index contributed by atoms with van der Waals surface area (Å²) < 4.78 is 39.2. The minimum Gasteiger partial charge on any atom is -0.440 e. The van der Waals surface area contributed by atoms with Gasteiger partial charge in [0.05, 0.1) is 0 Å². The number of halogens is 3. The van der Waals surface area contributed by atoms with E-state index in [1.54, 1.807) is 12.1 Å². The Bertz CT molecular complexity index is 391. The van der Waals surface area contributed by atoms with Crippen LogP contribution in [-0.4, -0.2) is 18.9 Å². The monoisotopic (exact) mass is 247 g/mol. The van der Waals surface area contributed by atoms with Crippen LogP contribution in [0.5, 0.6) is 0 Å². The van der Waals surface area contributed by atoms with E-state index in [0.29, 0.717) is 0 Å². The number of nitrogens with one attached hydrogen (secondary N) is 1. The lowest BCUT2D eigenvalue weighted by atomic mass is 10.1. The number of ether oxygens (including phenoxy) is 1. The largest absolute Gasteiger partial charge is 0.440 e. The number of carbonyl (C=O) groups excluding carboxylic acids is 1. The molecule has 0 fully saturated rings. The minimum atomic E-state index is -4.50. The van der Waals surface area contributed by atoms with E-state index < -0.39 is 18.9 Å². The highest BCUT2D eigenvalue weighted by Gasteiger charge is 2.29. The van der Waals surface area contributed by atoms with Gasteiger partial charge in [-0.1, -0.05) is 24.3 Å². The third-order valence-corrected chi connectivity index (χ3v) is 2.05. The first-order chi connectivity index (χ1) is 7.88. The molecule has 0 heterocycles. The summed E-state index contributed by atoms with van der Waals surface area (Å²) in [5, 5.41) is 2.25. The van der Waals surface area contributed by atoms with Crippen molar-refractivity contribution in [2.24, 2.45) is 0 Å². The molecular formula is C11H12F3NO2.